The fourth-order valence-electron chi connectivity index (χ4n) is 7.36. The number of carbonyl (C=O) groups excluding carboxylic acids is 1. The SMILES string of the molecule is C=c1c(CCCC)cc2c(c1CCCC)Oc1c(ccc3cc(OC(=O)CCCCCCCCCCC)ccc13)C=2c1ccc(S(=O)(=O)O)cc1S(=O)(=O)O. The van der Waals surface area contributed by atoms with Gasteiger partial charge in [-0.15, -0.1) is 0 Å². The lowest BCUT2D eigenvalue weighted by Crippen LogP contribution is -2.27. The highest BCUT2D eigenvalue weighted by Gasteiger charge is 2.30. The van der Waals surface area contributed by atoms with Gasteiger partial charge in [0.15, 0.2) is 0 Å². The molecule has 296 valence electrons. The summed E-state index contributed by atoms with van der Waals surface area (Å²) in [4.78, 5) is 11.5. The van der Waals surface area contributed by atoms with Crippen molar-refractivity contribution < 1.29 is 40.2 Å². The van der Waals surface area contributed by atoms with Gasteiger partial charge in [0, 0.05) is 39.3 Å². The largest absolute Gasteiger partial charge is 0.455 e. The Morgan fingerprint density at radius 1 is 0.691 bits per heavy atom. The Morgan fingerprint density at radius 3 is 1.98 bits per heavy atom. The third-order valence-electron chi connectivity index (χ3n) is 10.4. The number of ether oxygens (including phenoxy) is 2. The molecule has 0 aromatic heterocycles. The summed E-state index contributed by atoms with van der Waals surface area (Å²) in [6, 6.07) is 14.0. The molecule has 0 aliphatic carbocycles. The van der Waals surface area contributed by atoms with E-state index in [9.17, 15) is 30.7 Å². The molecule has 5 rings (SSSR count). The molecule has 1 aliphatic rings. The number of aryl methyl sites for hydroxylation is 1. The van der Waals surface area contributed by atoms with Gasteiger partial charge in [0.05, 0.1) is 4.90 Å². The molecule has 4 aromatic rings. The van der Waals surface area contributed by atoms with E-state index in [4.69, 9.17) is 9.47 Å². The molecule has 1 aliphatic heterocycles. The van der Waals surface area contributed by atoms with Gasteiger partial charge in [0.1, 0.15) is 22.1 Å². The van der Waals surface area contributed by atoms with Crippen molar-refractivity contribution in [3.63, 3.8) is 0 Å². The number of carbonyl (C=O) groups is 1. The van der Waals surface area contributed by atoms with Gasteiger partial charge in [0.2, 0.25) is 0 Å². The highest BCUT2D eigenvalue weighted by Crippen LogP contribution is 2.44. The molecular weight excluding hydrogens is 737 g/mol. The number of esters is 1. The van der Waals surface area contributed by atoms with Crippen LogP contribution in [0.25, 0.3) is 22.9 Å². The lowest BCUT2D eigenvalue weighted by atomic mass is 9.87. The molecule has 0 bridgehead atoms. The monoisotopic (exact) mass is 790 g/mol. The average Bonchev–Trinajstić information content (AvgIpc) is 3.14. The van der Waals surface area contributed by atoms with E-state index in [1.54, 1.807) is 24.3 Å². The molecule has 55 heavy (non-hydrogen) atoms. The van der Waals surface area contributed by atoms with Crippen molar-refractivity contribution in [3.8, 4) is 17.2 Å². The first-order valence-corrected chi connectivity index (χ1v) is 22.6. The lowest BCUT2D eigenvalue weighted by Gasteiger charge is -2.26. The van der Waals surface area contributed by atoms with Crippen LogP contribution in [0.15, 0.2) is 64.4 Å². The van der Waals surface area contributed by atoms with Crippen molar-refractivity contribution in [2.45, 2.75) is 133 Å². The zero-order chi connectivity index (χ0) is 39.8. The van der Waals surface area contributed by atoms with Crippen LogP contribution < -0.4 is 19.9 Å². The molecule has 0 spiro atoms. The summed E-state index contributed by atoms with van der Waals surface area (Å²) in [7, 11) is -9.80. The van der Waals surface area contributed by atoms with Gasteiger partial charge < -0.3 is 9.47 Å². The van der Waals surface area contributed by atoms with Crippen molar-refractivity contribution in [2.75, 3.05) is 0 Å². The first-order chi connectivity index (χ1) is 26.3. The second-order valence-corrected chi connectivity index (χ2v) is 17.4. The topological polar surface area (TPSA) is 144 Å². The van der Waals surface area contributed by atoms with Gasteiger partial charge in [0.25, 0.3) is 20.2 Å². The number of unbranched alkanes of at least 4 members (excludes halogenated alkanes) is 10. The average molecular weight is 791 g/mol. The van der Waals surface area contributed by atoms with Crippen LogP contribution in [0.5, 0.6) is 17.2 Å². The third-order valence-corrected chi connectivity index (χ3v) is 12.1. The van der Waals surface area contributed by atoms with Crippen LogP contribution in [-0.2, 0) is 37.9 Å². The summed E-state index contributed by atoms with van der Waals surface area (Å²) >= 11 is 0. The highest BCUT2D eigenvalue weighted by atomic mass is 32.2. The molecule has 0 fully saturated rings. The molecule has 9 nitrogen and oxygen atoms in total. The maximum atomic E-state index is 12.9. The van der Waals surface area contributed by atoms with Gasteiger partial charge in [-0.2, -0.15) is 16.8 Å². The van der Waals surface area contributed by atoms with Crippen molar-refractivity contribution in [3.05, 3.63) is 87.3 Å². The first-order valence-electron chi connectivity index (χ1n) is 19.7. The van der Waals surface area contributed by atoms with Crippen LogP contribution in [0.3, 0.4) is 0 Å². The van der Waals surface area contributed by atoms with Crippen LogP contribution in [0, 0.1) is 0 Å². The van der Waals surface area contributed by atoms with Crippen LogP contribution in [0.1, 0.15) is 133 Å². The summed E-state index contributed by atoms with van der Waals surface area (Å²) in [5.74, 6) is 1.03. The minimum absolute atomic E-state index is 0.0433. The standard InChI is InChI=1S/C44H54O9S2/c1-5-8-11-12-13-14-15-16-17-20-41(45)52-33-22-25-36-32(27-33)21-24-38-42(37-26-23-34(54(46,47)48)29-40(37)55(49,50)51)39-28-31(18-9-6-2)30(4)35(19-10-7-3)43(39)53-44(36)38/h21-29H,4-20H2,1-3H3,(H,46,47,48)(H,49,50,51). The first kappa shape index (κ1) is 42.1. The van der Waals surface area contributed by atoms with Gasteiger partial charge in [-0.1, -0.05) is 104 Å². The molecule has 0 radical (unpaired) electrons. The van der Waals surface area contributed by atoms with E-state index >= 15 is 0 Å². The lowest BCUT2D eigenvalue weighted by molar-refractivity contribution is -0.134. The van der Waals surface area contributed by atoms with E-state index in [1.807, 2.05) is 12.1 Å². The Bertz CT molecular complexity index is 2360. The molecule has 11 heteroatoms. The Kier molecular flexibility index (Phi) is 14.3. The Balaban J connectivity index is 1.59. The van der Waals surface area contributed by atoms with Crippen molar-refractivity contribution >= 4 is 49.1 Å². The Morgan fingerprint density at radius 2 is 1.33 bits per heavy atom. The summed E-state index contributed by atoms with van der Waals surface area (Å²) in [5, 5.41) is 2.82. The molecule has 0 saturated heterocycles. The number of fused-ring (bicyclic) bond motifs is 4. The fourth-order valence-corrected chi connectivity index (χ4v) is 8.67. The normalized spacial score (nSPS) is 12.7. The van der Waals surface area contributed by atoms with Gasteiger partial charge in [-0.25, -0.2) is 0 Å². The molecule has 0 saturated carbocycles. The predicted molar refractivity (Wildman–Crippen MR) is 218 cm³/mol. The number of hydrogen-bond donors (Lipinski definition) is 2. The van der Waals surface area contributed by atoms with E-state index in [0.29, 0.717) is 51.8 Å². The maximum Gasteiger partial charge on any atom is 0.311 e. The fraction of sp³-hybridized carbons (Fsp3) is 0.432. The summed E-state index contributed by atoms with van der Waals surface area (Å²) in [6.07, 6.45) is 15.7. The quantitative estimate of drug-likeness (QED) is 0.0341. The zero-order valence-electron chi connectivity index (χ0n) is 32.3. The molecule has 0 amide bonds. The molecule has 4 aromatic carbocycles. The number of rotatable bonds is 20. The van der Waals surface area contributed by atoms with Crippen LogP contribution in [0.4, 0.5) is 0 Å². The zero-order valence-corrected chi connectivity index (χ0v) is 33.9. The van der Waals surface area contributed by atoms with Crippen molar-refractivity contribution in [2.24, 2.45) is 0 Å². The molecule has 1 heterocycles. The van der Waals surface area contributed by atoms with Gasteiger partial charge in [-0.3, -0.25) is 13.9 Å². The minimum Gasteiger partial charge on any atom is -0.455 e. The maximum absolute atomic E-state index is 12.9. The Hall–Kier alpha value is -4.03. The van der Waals surface area contributed by atoms with E-state index in [2.05, 4.69) is 27.4 Å². The van der Waals surface area contributed by atoms with Gasteiger partial charge >= 0.3 is 5.97 Å². The van der Waals surface area contributed by atoms with E-state index in [1.165, 1.54) is 44.6 Å². The van der Waals surface area contributed by atoms with Crippen LogP contribution in [0.2, 0.25) is 0 Å². The summed E-state index contributed by atoms with van der Waals surface area (Å²) < 4.78 is 83.0. The molecule has 0 atom stereocenters. The summed E-state index contributed by atoms with van der Waals surface area (Å²) in [5.41, 5.74) is 2.84. The predicted octanol–water partition coefficient (Wildman–Crippen LogP) is 9.61. The van der Waals surface area contributed by atoms with E-state index < -0.39 is 30.0 Å². The van der Waals surface area contributed by atoms with Crippen molar-refractivity contribution in [1.82, 2.24) is 0 Å². The van der Waals surface area contributed by atoms with E-state index in [-0.39, 0.29) is 11.5 Å². The third kappa shape index (κ3) is 10.2. The molecular formula is C44H54O9S2. The number of benzene rings is 4. The second kappa shape index (κ2) is 18.7. The molecule has 2 N–H and O–H groups in total. The number of hydrogen-bond acceptors (Lipinski definition) is 7. The summed E-state index contributed by atoms with van der Waals surface area (Å²) in [6.45, 7) is 10.9. The van der Waals surface area contributed by atoms with Crippen LogP contribution in [-0.4, -0.2) is 31.9 Å². The second-order valence-electron chi connectivity index (χ2n) is 14.5. The smallest absolute Gasteiger partial charge is 0.311 e. The Labute approximate surface area is 326 Å². The van der Waals surface area contributed by atoms with Crippen LogP contribution >= 0.6 is 0 Å². The van der Waals surface area contributed by atoms with E-state index in [0.717, 1.165) is 85.2 Å². The van der Waals surface area contributed by atoms with Gasteiger partial charge in [-0.05, 0) is 90.7 Å². The molecule has 0 unspecified atom stereocenters. The minimum atomic E-state index is -5.00. The highest BCUT2D eigenvalue weighted by molar-refractivity contribution is 7.86. The van der Waals surface area contributed by atoms with Crippen molar-refractivity contribution in [1.29, 1.82) is 0 Å².